The van der Waals surface area contributed by atoms with Crippen molar-refractivity contribution < 1.29 is 4.79 Å². The molecule has 3 heteroatoms. The molecule has 2 nitrogen and oxygen atoms in total. The highest BCUT2D eigenvalue weighted by atomic mass is 32.2. The van der Waals surface area contributed by atoms with Crippen molar-refractivity contribution in [3.63, 3.8) is 0 Å². The molecule has 0 rings (SSSR count). The Bertz CT molecular complexity index is 95.6. The van der Waals surface area contributed by atoms with Crippen LogP contribution in [0.4, 0.5) is 4.79 Å². The summed E-state index contributed by atoms with van der Waals surface area (Å²) < 4.78 is 0. The second-order valence-electron chi connectivity index (χ2n) is 2.02. The maximum absolute atomic E-state index is 10.8. The van der Waals surface area contributed by atoms with Crippen molar-refractivity contribution in [1.29, 1.82) is 0 Å². The van der Waals surface area contributed by atoms with Crippen molar-refractivity contribution in [2.24, 2.45) is 0 Å². The molecule has 1 N–H and O–H groups in total. The lowest BCUT2D eigenvalue weighted by Gasteiger charge is -1.98. The molecule has 0 aromatic rings. The standard InChI is InChI=1S/C7H15NOS/c1-3-5-6-10-7(9)8-4-2/h3-6H2,1-2H3,(H,8,9). The van der Waals surface area contributed by atoms with Crippen LogP contribution in [-0.2, 0) is 0 Å². The Morgan fingerprint density at radius 3 is 2.70 bits per heavy atom. The van der Waals surface area contributed by atoms with E-state index in [9.17, 15) is 4.79 Å². The summed E-state index contributed by atoms with van der Waals surface area (Å²) in [7, 11) is 0. The molecule has 0 heterocycles. The summed E-state index contributed by atoms with van der Waals surface area (Å²) in [5.41, 5.74) is 0. The van der Waals surface area contributed by atoms with E-state index in [1.807, 2.05) is 6.92 Å². The fraction of sp³-hybridized carbons (Fsp3) is 0.857. The number of hydrogen-bond acceptors (Lipinski definition) is 2. The van der Waals surface area contributed by atoms with E-state index >= 15 is 0 Å². The van der Waals surface area contributed by atoms with Gasteiger partial charge in [0.15, 0.2) is 0 Å². The molecule has 0 radical (unpaired) electrons. The fourth-order valence-electron chi connectivity index (χ4n) is 0.505. The molecule has 0 aliphatic rings. The van der Waals surface area contributed by atoms with E-state index in [1.54, 1.807) is 0 Å². The predicted molar refractivity (Wildman–Crippen MR) is 46.4 cm³/mol. The van der Waals surface area contributed by atoms with Gasteiger partial charge in [-0.1, -0.05) is 25.1 Å². The van der Waals surface area contributed by atoms with E-state index in [0.717, 1.165) is 25.1 Å². The molecule has 10 heavy (non-hydrogen) atoms. The van der Waals surface area contributed by atoms with Crippen LogP contribution in [0.1, 0.15) is 26.7 Å². The average molecular weight is 161 g/mol. The van der Waals surface area contributed by atoms with Crippen LogP contribution >= 0.6 is 11.8 Å². The average Bonchev–Trinajstić information content (AvgIpc) is 1.89. The van der Waals surface area contributed by atoms with Gasteiger partial charge < -0.3 is 5.32 Å². The first kappa shape index (κ1) is 9.82. The van der Waals surface area contributed by atoms with Crippen molar-refractivity contribution in [3.8, 4) is 0 Å². The molecular formula is C7H15NOS. The van der Waals surface area contributed by atoms with Gasteiger partial charge >= 0.3 is 0 Å². The van der Waals surface area contributed by atoms with Crippen LogP contribution in [0, 0.1) is 0 Å². The number of thioether (sulfide) groups is 1. The minimum Gasteiger partial charge on any atom is -0.347 e. The zero-order valence-corrected chi connectivity index (χ0v) is 7.46. The zero-order valence-electron chi connectivity index (χ0n) is 6.64. The first-order valence-corrected chi connectivity index (χ1v) is 4.70. The maximum Gasteiger partial charge on any atom is 0.279 e. The third kappa shape index (κ3) is 5.95. The molecule has 0 aromatic heterocycles. The van der Waals surface area contributed by atoms with E-state index in [0.29, 0.717) is 0 Å². The van der Waals surface area contributed by atoms with E-state index < -0.39 is 0 Å². The van der Waals surface area contributed by atoms with Gasteiger partial charge in [-0.2, -0.15) is 0 Å². The van der Waals surface area contributed by atoms with Gasteiger partial charge in [0.25, 0.3) is 5.24 Å². The number of hydrogen-bond donors (Lipinski definition) is 1. The summed E-state index contributed by atoms with van der Waals surface area (Å²) in [4.78, 5) is 10.8. The summed E-state index contributed by atoms with van der Waals surface area (Å²) in [6, 6.07) is 0. The topological polar surface area (TPSA) is 29.1 Å². The van der Waals surface area contributed by atoms with Crippen molar-refractivity contribution >= 4 is 17.0 Å². The van der Waals surface area contributed by atoms with Crippen molar-refractivity contribution in [1.82, 2.24) is 5.32 Å². The van der Waals surface area contributed by atoms with Gasteiger partial charge in [0, 0.05) is 12.3 Å². The second kappa shape index (κ2) is 6.93. The largest absolute Gasteiger partial charge is 0.347 e. The Morgan fingerprint density at radius 2 is 2.20 bits per heavy atom. The molecule has 0 aliphatic heterocycles. The van der Waals surface area contributed by atoms with Gasteiger partial charge in [-0.25, -0.2) is 0 Å². The van der Waals surface area contributed by atoms with Crippen LogP contribution in [0.2, 0.25) is 0 Å². The molecule has 0 unspecified atom stereocenters. The van der Waals surface area contributed by atoms with Crippen LogP contribution < -0.4 is 5.32 Å². The molecule has 0 atom stereocenters. The Hall–Kier alpha value is -0.180. The quantitative estimate of drug-likeness (QED) is 0.641. The molecule has 0 aromatic carbocycles. The number of rotatable bonds is 4. The van der Waals surface area contributed by atoms with Gasteiger partial charge in [0.05, 0.1) is 0 Å². The molecular weight excluding hydrogens is 146 g/mol. The summed E-state index contributed by atoms with van der Waals surface area (Å²) in [5, 5.41) is 2.84. The monoisotopic (exact) mass is 161 g/mol. The number of carbonyl (C=O) groups excluding carboxylic acids is 1. The van der Waals surface area contributed by atoms with E-state index in [1.165, 1.54) is 11.8 Å². The zero-order chi connectivity index (χ0) is 7.82. The molecule has 0 saturated carbocycles. The molecule has 0 saturated heterocycles. The summed E-state index contributed by atoms with van der Waals surface area (Å²) >= 11 is 1.38. The highest BCUT2D eigenvalue weighted by Crippen LogP contribution is 2.04. The molecule has 0 fully saturated rings. The Kier molecular flexibility index (Phi) is 6.81. The van der Waals surface area contributed by atoms with Gasteiger partial charge in [-0.3, -0.25) is 4.79 Å². The van der Waals surface area contributed by atoms with E-state index in [4.69, 9.17) is 0 Å². The van der Waals surface area contributed by atoms with Crippen LogP contribution in [0.15, 0.2) is 0 Å². The lowest BCUT2D eigenvalue weighted by Crippen LogP contribution is -2.17. The number of nitrogens with one attached hydrogen (secondary N) is 1. The minimum absolute atomic E-state index is 0.107. The Balaban J connectivity index is 3.05. The van der Waals surface area contributed by atoms with Gasteiger partial charge in [-0.05, 0) is 13.3 Å². The summed E-state index contributed by atoms with van der Waals surface area (Å²) in [6.07, 6.45) is 2.29. The number of unbranched alkanes of at least 4 members (excludes halogenated alkanes) is 1. The Morgan fingerprint density at radius 1 is 1.50 bits per heavy atom. The predicted octanol–water partition coefficient (Wildman–Crippen LogP) is 2.25. The smallest absolute Gasteiger partial charge is 0.279 e. The van der Waals surface area contributed by atoms with Gasteiger partial charge in [-0.15, -0.1) is 0 Å². The van der Waals surface area contributed by atoms with E-state index in [2.05, 4.69) is 12.2 Å². The van der Waals surface area contributed by atoms with Crippen LogP contribution in [0.25, 0.3) is 0 Å². The molecule has 1 amide bonds. The third-order valence-corrected chi connectivity index (χ3v) is 1.95. The summed E-state index contributed by atoms with van der Waals surface area (Å²) in [6.45, 7) is 4.79. The van der Waals surface area contributed by atoms with Crippen molar-refractivity contribution in [3.05, 3.63) is 0 Å². The highest BCUT2D eigenvalue weighted by Gasteiger charge is 1.96. The SMILES string of the molecule is CCCCSC(=O)NCC. The molecule has 0 aliphatic carbocycles. The van der Waals surface area contributed by atoms with Gasteiger partial charge in [0.2, 0.25) is 0 Å². The maximum atomic E-state index is 10.8. The third-order valence-electron chi connectivity index (χ3n) is 1.05. The van der Waals surface area contributed by atoms with Crippen LogP contribution in [-0.4, -0.2) is 17.5 Å². The normalized spacial score (nSPS) is 9.40. The van der Waals surface area contributed by atoms with E-state index in [-0.39, 0.29) is 5.24 Å². The second-order valence-corrected chi connectivity index (χ2v) is 3.09. The number of carbonyl (C=O) groups is 1. The fourth-order valence-corrected chi connectivity index (χ4v) is 1.37. The highest BCUT2D eigenvalue weighted by molar-refractivity contribution is 8.13. The van der Waals surface area contributed by atoms with Gasteiger partial charge in [0.1, 0.15) is 0 Å². The van der Waals surface area contributed by atoms with Crippen molar-refractivity contribution in [2.45, 2.75) is 26.7 Å². The molecule has 60 valence electrons. The first-order valence-electron chi connectivity index (χ1n) is 3.71. The lowest BCUT2D eigenvalue weighted by molar-refractivity contribution is 0.261. The van der Waals surface area contributed by atoms with Crippen LogP contribution in [0.3, 0.4) is 0 Å². The Labute approximate surface area is 66.8 Å². The minimum atomic E-state index is 0.107. The molecule has 0 spiro atoms. The first-order chi connectivity index (χ1) is 4.81. The number of amides is 1. The summed E-state index contributed by atoms with van der Waals surface area (Å²) in [5.74, 6) is 0.947. The van der Waals surface area contributed by atoms with Crippen LogP contribution in [0.5, 0.6) is 0 Å². The van der Waals surface area contributed by atoms with Crippen molar-refractivity contribution in [2.75, 3.05) is 12.3 Å². The molecule has 0 bridgehead atoms. The lowest BCUT2D eigenvalue weighted by atomic mass is 10.4.